The van der Waals surface area contributed by atoms with Crippen LogP contribution in [0.3, 0.4) is 0 Å². The van der Waals surface area contributed by atoms with Gasteiger partial charge in [0.2, 0.25) is 5.27 Å². The SMILES string of the molecule is CCN(CC)CC[n+]1cc(N)on1. The molecule has 1 aromatic rings. The monoisotopic (exact) mass is 185 g/mol. The summed E-state index contributed by atoms with van der Waals surface area (Å²) in [5.74, 6) is 0.361. The molecular formula is C8H17N4O+. The van der Waals surface area contributed by atoms with E-state index in [0.29, 0.717) is 5.88 Å². The Kier molecular flexibility index (Phi) is 3.70. The fourth-order valence-corrected chi connectivity index (χ4v) is 1.18. The van der Waals surface area contributed by atoms with Crippen molar-refractivity contribution in [1.82, 2.24) is 10.2 Å². The van der Waals surface area contributed by atoms with Crippen LogP contribution in [0.4, 0.5) is 5.88 Å². The van der Waals surface area contributed by atoms with Gasteiger partial charge >= 0.3 is 0 Å². The molecule has 74 valence electrons. The van der Waals surface area contributed by atoms with Gasteiger partial charge in [0, 0.05) is 0 Å². The summed E-state index contributed by atoms with van der Waals surface area (Å²) in [5.41, 5.74) is 5.39. The normalized spacial score (nSPS) is 11.0. The van der Waals surface area contributed by atoms with E-state index in [4.69, 9.17) is 10.3 Å². The van der Waals surface area contributed by atoms with E-state index in [0.717, 1.165) is 26.2 Å². The minimum Gasteiger partial charge on any atom is -0.362 e. The van der Waals surface area contributed by atoms with E-state index in [-0.39, 0.29) is 0 Å². The molecule has 1 heterocycles. The van der Waals surface area contributed by atoms with E-state index in [1.807, 2.05) is 0 Å². The van der Waals surface area contributed by atoms with Crippen LogP contribution in [0, 0.1) is 0 Å². The zero-order chi connectivity index (χ0) is 9.68. The van der Waals surface area contributed by atoms with Crippen molar-refractivity contribution in [2.75, 3.05) is 25.4 Å². The molecule has 0 aromatic carbocycles. The number of aromatic nitrogens is 2. The molecule has 5 heteroatoms. The van der Waals surface area contributed by atoms with Gasteiger partial charge in [0.15, 0.2) is 6.54 Å². The largest absolute Gasteiger partial charge is 0.362 e. The van der Waals surface area contributed by atoms with E-state index < -0.39 is 0 Å². The highest BCUT2D eigenvalue weighted by Crippen LogP contribution is 1.91. The molecule has 0 aliphatic heterocycles. The fraction of sp³-hybridized carbons (Fsp3) is 0.750. The van der Waals surface area contributed by atoms with Gasteiger partial charge in [-0.15, -0.1) is 0 Å². The predicted octanol–water partition coefficient (Wildman–Crippen LogP) is -0.114. The first-order chi connectivity index (χ1) is 6.26. The van der Waals surface area contributed by atoms with Crippen molar-refractivity contribution in [3.63, 3.8) is 0 Å². The van der Waals surface area contributed by atoms with Crippen molar-refractivity contribution in [2.45, 2.75) is 20.4 Å². The maximum atomic E-state index is 5.39. The lowest BCUT2D eigenvalue weighted by Gasteiger charge is -2.14. The molecular weight excluding hydrogens is 168 g/mol. The van der Waals surface area contributed by atoms with Gasteiger partial charge in [-0.05, 0) is 17.8 Å². The number of hydrogen-bond donors (Lipinski definition) is 1. The van der Waals surface area contributed by atoms with Gasteiger partial charge < -0.3 is 5.73 Å². The molecule has 2 N–H and O–H groups in total. The first kappa shape index (κ1) is 9.98. The number of hydrogen-bond acceptors (Lipinski definition) is 4. The number of likely N-dealkylation sites (N-methyl/N-ethyl adjacent to an activating group) is 1. The standard InChI is InChI=1S/C8H17N4O/c1-3-11(4-2)5-6-12-7-8(9)13-10-12/h7H,3-6,9H2,1-2H3/q+1. The number of rotatable bonds is 5. The molecule has 13 heavy (non-hydrogen) atoms. The van der Waals surface area contributed by atoms with Gasteiger partial charge in [-0.2, -0.15) is 0 Å². The molecule has 0 fully saturated rings. The van der Waals surface area contributed by atoms with Crippen LogP contribution >= 0.6 is 0 Å². The highest BCUT2D eigenvalue weighted by Gasteiger charge is 2.09. The summed E-state index contributed by atoms with van der Waals surface area (Å²) in [6, 6.07) is 0. The third-order valence-electron chi connectivity index (χ3n) is 2.07. The lowest BCUT2D eigenvalue weighted by molar-refractivity contribution is -0.761. The Bertz CT molecular complexity index is 244. The smallest absolute Gasteiger partial charge is 0.293 e. The zero-order valence-corrected chi connectivity index (χ0v) is 8.23. The average molecular weight is 185 g/mol. The minimum atomic E-state index is 0.361. The van der Waals surface area contributed by atoms with Crippen LogP contribution in [-0.4, -0.2) is 29.8 Å². The third kappa shape index (κ3) is 3.02. The molecule has 0 spiro atoms. The summed E-state index contributed by atoms with van der Waals surface area (Å²) in [7, 11) is 0. The quantitative estimate of drug-likeness (QED) is 0.650. The van der Waals surface area contributed by atoms with Crippen LogP contribution in [0.5, 0.6) is 0 Å². The van der Waals surface area contributed by atoms with E-state index in [9.17, 15) is 0 Å². The molecule has 0 aliphatic carbocycles. The molecule has 0 unspecified atom stereocenters. The van der Waals surface area contributed by atoms with Gasteiger partial charge in [-0.1, -0.05) is 13.8 Å². The van der Waals surface area contributed by atoms with E-state index >= 15 is 0 Å². The molecule has 1 rings (SSSR count). The summed E-state index contributed by atoms with van der Waals surface area (Å²) >= 11 is 0. The Labute approximate surface area is 78.1 Å². The molecule has 0 radical (unpaired) electrons. The number of anilines is 1. The Hall–Kier alpha value is -1.10. The molecule has 5 nitrogen and oxygen atoms in total. The minimum absolute atomic E-state index is 0.361. The maximum Gasteiger partial charge on any atom is 0.293 e. The summed E-state index contributed by atoms with van der Waals surface area (Å²) in [4.78, 5) is 2.32. The third-order valence-corrected chi connectivity index (χ3v) is 2.07. The maximum absolute atomic E-state index is 5.39. The molecule has 0 saturated carbocycles. The molecule has 1 aromatic heterocycles. The molecule has 0 amide bonds. The van der Waals surface area contributed by atoms with Gasteiger partial charge in [0.05, 0.1) is 6.54 Å². The molecule has 0 atom stereocenters. The zero-order valence-electron chi connectivity index (χ0n) is 8.23. The van der Waals surface area contributed by atoms with Gasteiger partial charge in [0.25, 0.3) is 12.1 Å². The van der Waals surface area contributed by atoms with E-state index in [2.05, 4.69) is 24.0 Å². The van der Waals surface area contributed by atoms with Gasteiger partial charge in [-0.25, -0.2) is 0 Å². The van der Waals surface area contributed by atoms with Crippen LogP contribution in [0.15, 0.2) is 10.7 Å². The van der Waals surface area contributed by atoms with E-state index in [1.165, 1.54) is 0 Å². The highest BCUT2D eigenvalue weighted by molar-refractivity contribution is 5.11. The second kappa shape index (κ2) is 4.81. The topological polar surface area (TPSA) is 59.2 Å². The predicted molar refractivity (Wildman–Crippen MR) is 48.9 cm³/mol. The van der Waals surface area contributed by atoms with Crippen LogP contribution < -0.4 is 10.4 Å². The number of nitrogens with zero attached hydrogens (tertiary/aromatic N) is 3. The van der Waals surface area contributed by atoms with Crippen molar-refractivity contribution in [1.29, 1.82) is 0 Å². The van der Waals surface area contributed by atoms with Crippen LogP contribution in [0.25, 0.3) is 0 Å². The van der Waals surface area contributed by atoms with Gasteiger partial charge in [-0.3, -0.25) is 9.42 Å². The van der Waals surface area contributed by atoms with Crippen LogP contribution in [-0.2, 0) is 6.54 Å². The Morgan fingerprint density at radius 2 is 2.23 bits per heavy atom. The number of nitrogens with two attached hydrogens (primary N) is 1. The summed E-state index contributed by atoms with van der Waals surface area (Å²) in [5, 5.41) is 3.75. The Morgan fingerprint density at radius 3 is 2.69 bits per heavy atom. The fourth-order valence-electron chi connectivity index (χ4n) is 1.18. The van der Waals surface area contributed by atoms with Crippen molar-refractivity contribution < 1.29 is 9.20 Å². The Morgan fingerprint density at radius 1 is 1.54 bits per heavy atom. The first-order valence-corrected chi connectivity index (χ1v) is 4.60. The highest BCUT2D eigenvalue weighted by atomic mass is 16.5. The van der Waals surface area contributed by atoms with Crippen LogP contribution in [0.1, 0.15) is 13.8 Å². The lowest BCUT2D eigenvalue weighted by atomic mass is 10.5. The van der Waals surface area contributed by atoms with Crippen molar-refractivity contribution in [2.24, 2.45) is 0 Å². The molecule has 0 saturated heterocycles. The summed E-state index contributed by atoms with van der Waals surface area (Å²) in [6.07, 6.45) is 1.70. The van der Waals surface area contributed by atoms with Crippen molar-refractivity contribution >= 4 is 5.88 Å². The average Bonchev–Trinajstić information content (AvgIpc) is 2.53. The van der Waals surface area contributed by atoms with Crippen molar-refractivity contribution in [3.8, 4) is 0 Å². The first-order valence-electron chi connectivity index (χ1n) is 4.60. The Balaban J connectivity index is 2.33. The van der Waals surface area contributed by atoms with Gasteiger partial charge in [0.1, 0.15) is 0 Å². The molecule has 0 aliphatic rings. The van der Waals surface area contributed by atoms with Crippen molar-refractivity contribution in [3.05, 3.63) is 6.20 Å². The lowest BCUT2D eigenvalue weighted by Crippen LogP contribution is -2.41. The number of nitrogen functional groups attached to an aromatic ring is 1. The van der Waals surface area contributed by atoms with Crippen LogP contribution in [0.2, 0.25) is 0 Å². The van der Waals surface area contributed by atoms with E-state index in [1.54, 1.807) is 10.9 Å². The molecule has 0 bridgehead atoms. The summed E-state index contributed by atoms with van der Waals surface area (Å²) in [6.45, 7) is 8.21. The second-order valence-electron chi connectivity index (χ2n) is 2.89. The summed E-state index contributed by atoms with van der Waals surface area (Å²) < 4.78 is 6.45. The second-order valence-corrected chi connectivity index (χ2v) is 2.89.